The first-order valence-electron chi connectivity index (χ1n) is 9.11. The summed E-state index contributed by atoms with van der Waals surface area (Å²) in [6.45, 7) is 3.33. The van der Waals surface area contributed by atoms with Crippen LogP contribution in [0.2, 0.25) is 0 Å². The maximum Gasteiger partial charge on any atom is 0.358 e. The van der Waals surface area contributed by atoms with Crippen LogP contribution < -0.4 is 10.5 Å². The normalized spacial score (nSPS) is 18.0. The van der Waals surface area contributed by atoms with Crippen molar-refractivity contribution < 1.29 is 32.0 Å². The van der Waals surface area contributed by atoms with Crippen LogP contribution in [0, 0.1) is 5.92 Å². The fourth-order valence-electron chi connectivity index (χ4n) is 3.52. The van der Waals surface area contributed by atoms with Gasteiger partial charge in [0.25, 0.3) is 11.8 Å². The number of carbonyl (C=O) groups excluding carboxylic acids is 2. The quantitative estimate of drug-likeness (QED) is 0.477. The second kappa shape index (κ2) is 8.46. The molecule has 156 valence electrons. The van der Waals surface area contributed by atoms with Gasteiger partial charge in [-0.15, -0.1) is 0 Å². The van der Waals surface area contributed by atoms with E-state index in [1.807, 2.05) is 0 Å². The Morgan fingerprint density at radius 3 is 2.18 bits per heavy atom. The maximum atomic E-state index is 13.4. The van der Waals surface area contributed by atoms with E-state index in [0.29, 0.717) is 18.8 Å². The number of nitrogens with zero attached hydrogens (tertiary/aromatic N) is 2. The number of carbonyl (C=O) groups is 2. The number of nitrogens with two attached hydrogens (primary N) is 1. The molecule has 2 amide bonds. The molecule has 0 spiro atoms. The average molecular weight is 415 g/mol. The van der Waals surface area contributed by atoms with Crippen LogP contribution in [0.1, 0.15) is 26.7 Å². The predicted octanol–water partition coefficient (Wildman–Crippen LogP) is 0.722. The van der Waals surface area contributed by atoms with Gasteiger partial charge in [0.15, 0.2) is 0 Å². The smallest absolute Gasteiger partial charge is 0.358 e. The molecular formula is C18H28N3O6S+. The van der Waals surface area contributed by atoms with Crippen molar-refractivity contribution in [2.45, 2.75) is 37.6 Å². The van der Waals surface area contributed by atoms with Gasteiger partial charge in [-0.2, -0.15) is 13.6 Å². The number of likely N-dealkylation sites (tertiary alicyclic amines) is 1. The summed E-state index contributed by atoms with van der Waals surface area (Å²) < 4.78 is 30.0. The van der Waals surface area contributed by atoms with Crippen LogP contribution in [0.3, 0.4) is 0 Å². The molecule has 1 aliphatic rings. The highest BCUT2D eigenvalue weighted by atomic mass is 32.2. The molecule has 9 nitrogen and oxygen atoms in total. The molecule has 28 heavy (non-hydrogen) atoms. The number of primary amides is 1. The van der Waals surface area contributed by atoms with Crippen LogP contribution >= 0.6 is 0 Å². The van der Waals surface area contributed by atoms with E-state index in [2.05, 4.69) is 0 Å². The van der Waals surface area contributed by atoms with Gasteiger partial charge in [-0.25, -0.2) is 0 Å². The largest absolute Gasteiger partial charge is 0.497 e. The van der Waals surface area contributed by atoms with Crippen LogP contribution in [0.4, 0.5) is 0 Å². The summed E-state index contributed by atoms with van der Waals surface area (Å²) in [7, 11) is -3.11. The lowest BCUT2D eigenvalue weighted by Gasteiger charge is -2.36. The number of sulfonamides is 1. The van der Waals surface area contributed by atoms with Crippen molar-refractivity contribution in [3.8, 4) is 5.75 Å². The van der Waals surface area contributed by atoms with Crippen LogP contribution in [0.15, 0.2) is 29.2 Å². The van der Waals surface area contributed by atoms with Crippen molar-refractivity contribution in [2.24, 2.45) is 11.7 Å². The minimum atomic E-state index is -4.55. The third kappa shape index (κ3) is 4.13. The highest BCUT2D eigenvalue weighted by Crippen LogP contribution is 2.30. The predicted molar refractivity (Wildman–Crippen MR) is 101 cm³/mol. The molecule has 0 bridgehead atoms. The van der Waals surface area contributed by atoms with Crippen molar-refractivity contribution in [3.05, 3.63) is 24.3 Å². The molecule has 1 aromatic carbocycles. The topological polar surface area (TPSA) is 127 Å². The van der Waals surface area contributed by atoms with Crippen LogP contribution in [-0.4, -0.2) is 67.2 Å². The van der Waals surface area contributed by atoms with Gasteiger partial charge in [-0.3, -0.25) is 9.59 Å². The molecule has 2 atom stereocenters. The summed E-state index contributed by atoms with van der Waals surface area (Å²) >= 11 is 0. The van der Waals surface area contributed by atoms with E-state index in [0.717, 1.165) is 12.8 Å². The molecule has 0 radical (unpaired) electrons. The number of ether oxygens (including phenoxy) is 1. The van der Waals surface area contributed by atoms with Crippen molar-refractivity contribution in [1.82, 2.24) is 4.90 Å². The lowest BCUT2D eigenvalue weighted by atomic mass is 10.0. The summed E-state index contributed by atoms with van der Waals surface area (Å²) in [6.07, 6.45) is 1.62. The highest BCUT2D eigenvalue weighted by molar-refractivity contribution is 7.85. The van der Waals surface area contributed by atoms with Gasteiger partial charge in [-0.05, 0) is 37.1 Å². The first-order valence-corrected chi connectivity index (χ1v) is 10.6. The van der Waals surface area contributed by atoms with E-state index in [1.54, 1.807) is 13.8 Å². The van der Waals surface area contributed by atoms with Gasteiger partial charge >= 0.3 is 10.0 Å². The fourth-order valence-corrected chi connectivity index (χ4v) is 5.29. The zero-order chi connectivity index (χ0) is 21.1. The van der Waals surface area contributed by atoms with E-state index in [1.165, 1.54) is 36.3 Å². The Morgan fingerprint density at radius 2 is 1.75 bits per heavy atom. The molecule has 1 heterocycles. The maximum absolute atomic E-state index is 13.4. The molecule has 1 aromatic rings. The van der Waals surface area contributed by atoms with Gasteiger partial charge in [-0.1, -0.05) is 17.9 Å². The summed E-state index contributed by atoms with van der Waals surface area (Å²) in [5.41, 5.74) is 5.45. The van der Waals surface area contributed by atoms with E-state index in [-0.39, 0.29) is 4.90 Å². The van der Waals surface area contributed by atoms with E-state index in [4.69, 9.17) is 10.5 Å². The number of quaternary nitrogens is 1. The Hall–Kier alpha value is -2.17. The molecule has 10 heteroatoms. The first kappa shape index (κ1) is 22.1. The zero-order valence-corrected chi connectivity index (χ0v) is 17.2. The van der Waals surface area contributed by atoms with E-state index < -0.39 is 44.4 Å². The van der Waals surface area contributed by atoms with Crippen LogP contribution in [0.5, 0.6) is 5.75 Å². The number of methoxy groups -OCH3 is 1. The molecule has 0 aromatic heterocycles. The fraction of sp³-hybridized carbons (Fsp3) is 0.556. The lowest BCUT2D eigenvalue weighted by molar-refractivity contribution is -1.01. The minimum absolute atomic E-state index is 0.239. The van der Waals surface area contributed by atoms with E-state index >= 15 is 0 Å². The number of amides is 2. The molecule has 1 saturated heterocycles. The SMILES string of the molecule is COc1ccc(S(=O)(=O)[N+](O)(CC(=O)N2CCCC2)[C@@H](C(N)=O)C(C)C)cc1. The molecule has 3 N–H and O–H groups in total. The Bertz CT molecular complexity index is 818. The second-order valence-electron chi connectivity index (χ2n) is 7.24. The van der Waals surface area contributed by atoms with Gasteiger partial charge in [0.2, 0.25) is 12.6 Å². The van der Waals surface area contributed by atoms with E-state index in [9.17, 15) is 23.2 Å². The Morgan fingerprint density at radius 1 is 1.21 bits per heavy atom. The first-order chi connectivity index (χ1) is 13.0. The van der Waals surface area contributed by atoms with Crippen molar-refractivity contribution in [2.75, 3.05) is 26.7 Å². The number of benzene rings is 1. The van der Waals surface area contributed by atoms with Gasteiger partial charge in [0.1, 0.15) is 10.6 Å². The monoisotopic (exact) mass is 414 g/mol. The Balaban J connectivity index is 2.54. The standard InChI is InChI=1S/C18H27N3O6S/c1-13(2)17(18(19)23)21(24,12-16(22)20-10-4-5-11-20)28(25,26)15-8-6-14(27-3)7-9-15/h6-9,13,17,24H,4-5,10-12H2,1-3H3,(H-,19,23)/p+1/t17-,21?/m1/s1. The second-order valence-corrected chi connectivity index (χ2v) is 9.30. The van der Waals surface area contributed by atoms with Crippen LogP contribution in [0.25, 0.3) is 0 Å². The zero-order valence-electron chi connectivity index (χ0n) is 16.4. The van der Waals surface area contributed by atoms with Crippen molar-refractivity contribution in [1.29, 1.82) is 0 Å². The Kier molecular flexibility index (Phi) is 6.68. The summed E-state index contributed by atoms with van der Waals surface area (Å²) in [4.78, 5) is 26.1. The van der Waals surface area contributed by atoms with Crippen molar-refractivity contribution >= 4 is 21.8 Å². The van der Waals surface area contributed by atoms with Gasteiger partial charge < -0.3 is 15.4 Å². The molecule has 1 aliphatic heterocycles. The van der Waals surface area contributed by atoms with Crippen molar-refractivity contribution in [3.63, 3.8) is 0 Å². The summed E-state index contributed by atoms with van der Waals surface area (Å²) in [5, 5.41) is 11.3. The number of hydroxylamine groups is 2. The summed E-state index contributed by atoms with van der Waals surface area (Å²) in [6, 6.07) is 3.85. The lowest BCUT2D eigenvalue weighted by Crippen LogP contribution is -2.65. The summed E-state index contributed by atoms with van der Waals surface area (Å²) in [5.74, 6) is -1.73. The molecule has 2 rings (SSSR count). The molecule has 0 aliphatic carbocycles. The Labute approximate surface area is 165 Å². The number of hydrogen-bond acceptors (Lipinski definition) is 6. The molecule has 1 fully saturated rings. The average Bonchev–Trinajstić information content (AvgIpc) is 3.15. The third-order valence-electron chi connectivity index (χ3n) is 4.95. The number of hydrogen-bond donors (Lipinski definition) is 2. The third-order valence-corrected chi connectivity index (χ3v) is 7.01. The molecular weight excluding hydrogens is 386 g/mol. The van der Waals surface area contributed by atoms with Gasteiger partial charge in [0.05, 0.1) is 7.11 Å². The molecule has 1 unspecified atom stereocenters. The van der Waals surface area contributed by atoms with Crippen LogP contribution in [-0.2, 0) is 19.6 Å². The highest BCUT2D eigenvalue weighted by Gasteiger charge is 2.55. The number of rotatable bonds is 8. The minimum Gasteiger partial charge on any atom is -0.497 e. The molecule has 0 saturated carbocycles. The van der Waals surface area contributed by atoms with Gasteiger partial charge in [0, 0.05) is 19.0 Å².